The summed E-state index contributed by atoms with van der Waals surface area (Å²) in [5, 5.41) is 0. The van der Waals surface area contributed by atoms with Gasteiger partial charge in [0.1, 0.15) is 0 Å². The summed E-state index contributed by atoms with van der Waals surface area (Å²) in [5.41, 5.74) is 5.51. The number of likely N-dealkylation sites (N-methyl/N-ethyl adjacent to an activating group) is 1. The van der Waals surface area contributed by atoms with Gasteiger partial charge in [0, 0.05) is 19.6 Å². The third-order valence-electron chi connectivity index (χ3n) is 3.65. The highest BCUT2D eigenvalue weighted by atomic mass is 32.2. The van der Waals surface area contributed by atoms with E-state index < -0.39 is 9.84 Å². The van der Waals surface area contributed by atoms with Crippen LogP contribution in [0.5, 0.6) is 0 Å². The molecule has 7 heteroatoms. The lowest BCUT2D eigenvalue weighted by Gasteiger charge is -2.21. The van der Waals surface area contributed by atoms with E-state index in [1.165, 1.54) is 0 Å². The Balaban J connectivity index is 2.06. The Bertz CT molecular complexity index is 409. The van der Waals surface area contributed by atoms with E-state index in [0.29, 0.717) is 19.5 Å². The molecule has 0 saturated carbocycles. The fourth-order valence-electron chi connectivity index (χ4n) is 2.59. The van der Waals surface area contributed by atoms with Gasteiger partial charge in [0.15, 0.2) is 9.84 Å². The SMILES string of the molecule is CN1C(=O)N(C2CCS(=O)(=O)C2)CC1CCN. The third-order valence-corrected chi connectivity index (χ3v) is 5.40. The molecule has 6 nitrogen and oxygen atoms in total. The van der Waals surface area contributed by atoms with Crippen molar-refractivity contribution in [3.8, 4) is 0 Å². The Hall–Kier alpha value is -0.820. The van der Waals surface area contributed by atoms with E-state index in [-0.39, 0.29) is 29.6 Å². The zero-order chi connectivity index (χ0) is 12.6. The molecule has 0 aromatic carbocycles. The highest BCUT2D eigenvalue weighted by molar-refractivity contribution is 7.91. The number of carbonyl (C=O) groups excluding carboxylic acids is 1. The molecular formula is C10H19N3O3S. The zero-order valence-electron chi connectivity index (χ0n) is 10.0. The molecule has 0 bridgehead atoms. The van der Waals surface area contributed by atoms with Crippen molar-refractivity contribution >= 4 is 15.9 Å². The van der Waals surface area contributed by atoms with Crippen LogP contribution < -0.4 is 5.73 Å². The van der Waals surface area contributed by atoms with Crippen LogP contribution in [-0.2, 0) is 9.84 Å². The second kappa shape index (κ2) is 4.45. The lowest BCUT2D eigenvalue weighted by Crippen LogP contribution is -2.39. The van der Waals surface area contributed by atoms with Crippen LogP contribution >= 0.6 is 0 Å². The predicted molar refractivity (Wildman–Crippen MR) is 64.4 cm³/mol. The van der Waals surface area contributed by atoms with E-state index in [9.17, 15) is 13.2 Å². The van der Waals surface area contributed by atoms with Crippen molar-refractivity contribution in [3.63, 3.8) is 0 Å². The minimum atomic E-state index is -2.94. The molecule has 0 spiro atoms. The molecule has 2 saturated heterocycles. The molecule has 2 atom stereocenters. The minimum absolute atomic E-state index is 0.0643. The predicted octanol–water partition coefficient (Wildman–Crippen LogP) is -0.742. The van der Waals surface area contributed by atoms with E-state index in [1.54, 1.807) is 16.8 Å². The largest absolute Gasteiger partial charge is 0.330 e. The molecular weight excluding hydrogens is 242 g/mol. The smallest absolute Gasteiger partial charge is 0.320 e. The molecule has 0 radical (unpaired) electrons. The van der Waals surface area contributed by atoms with Crippen LogP contribution in [0.2, 0.25) is 0 Å². The summed E-state index contributed by atoms with van der Waals surface area (Å²) in [4.78, 5) is 15.4. The summed E-state index contributed by atoms with van der Waals surface area (Å²) in [6.07, 6.45) is 1.33. The van der Waals surface area contributed by atoms with Crippen LogP contribution in [0.4, 0.5) is 4.79 Å². The van der Waals surface area contributed by atoms with Gasteiger partial charge in [-0.3, -0.25) is 0 Å². The Labute approximate surface area is 102 Å². The molecule has 2 fully saturated rings. The van der Waals surface area contributed by atoms with Gasteiger partial charge in [-0.1, -0.05) is 0 Å². The average molecular weight is 261 g/mol. The fourth-order valence-corrected chi connectivity index (χ4v) is 4.32. The molecule has 2 rings (SSSR count). The fraction of sp³-hybridized carbons (Fsp3) is 0.900. The van der Waals surface area contributed by atoms with E-state index in [4.69, 9.17) is 5.73 Å². The molecule has 2 heterocycles. The van der Waals surface area contributed by atoms with Gasteiger partial charge in [0.05, 0.1) is 17.5 Å². The van der Waals surface area contributed by atoms with Crippen LogP contribution in [0.1, 0.15) is 12.8 Å². The zero-order valence-corrected chi connectivity index (χ0v) is 10.8. The first-order chi connectivity index (χ1) is 7.94. The van der Waals surface area contributed by atoms with Crippen molar-refractivity contribution in [1.82, 2.24) is 9.80 Å². The van der Waals surface area contributed by atoms with E-state index in [0.717, 1.165) is 6.42 Å². The van der Waals surface area contributed by atoms with Gasteiger partial charge in [-0.2, -0.15) is 0 Å². The number of urea groups is 1. The van der Waals surface area contributed by atoms with Crippen molar-refractivity contribution in [2.75, 3.05) is 31.6 Å². The second-order valence-electron chi connectivity index (χ2n) is 4.83. The molecule has 98 valence electrons. The maximum Gasteiger partial charge on any atom is 0.320 e. The first-order valence-corrected chi connectivity index (χ1v) is 7.70. The molecule has 2 aliphatic heterocycles. The highest BCUT2D eigenvalue weighted by Gasteiger charge is 2.42. The minimum Gasteiger partial charge on any atom is -0.330 e. The van der Waals surface area contributed by atoms with Gasteiger partial charge in [-0.05, 0) is 19.4 Å². The lowest BCUT2D eigenvalue weighted by molar-refractivity contribution is 0.185. The van der Waals surface area contributed by atoms with Gasteiger partial charge < -0.3 is 15.5 Å². The quantitative estimate of drug-likeness (QED) is 0.725. The van der Waals surface area contributed by atoms with Crippen LogP contribution in [0.25, 0.3) is 0 Å². The van der Waals surface area contributed by atoms with Crippen LogP contribution in [-0.4, -0.2) is 68.0 Å². The average Bonchev–Trinajstić information content (AvgIpc) is 2.74. The number of nitrogens with zero attached hydrogens (tertiary/aromatic N) is 2. The van der Waals surface area contributed by atoms with E-state index >= 15 is 0 Å². The van der Waals surface area contributed by atoms with Crippen molar-refractivity contribution in [2.45, 2.75) is 24.9 Å². The summed E-state index contributed by atoms with van der Waals surface area (Å²) >= 11 is 0. The number of carbonyl (C=O) groups is 1. The Morgan fingerprint density at radius 3 is 2.71 bits per heavy atom. The second-order valence-corrected chi connectivity index (χ2v) is 7.06. The van der Waals surface area contributed by atoms with Crippen LogP contribution in [0, 0.1) is 0 Å². The van der Waals surface area contributed by atoms with Crippen molar-refractivity contribution in [3.05, 3.63) is 0 Å². The third kappa shape index (κ3) is 2.40. The van der Waals surface area contributed by atoms with Gasteiger partial charge in [-0.25, -0.2) is 13.2 Å². The first-order valence-electron chi connectivity index (χ1n) is 5.88. The van der Waals surface area contributed by atoms with Crippen molar-refractivity contribution < 1.29 is 13.2 Å². The molecule has 2 N–H and O–H groups in total. The number of nitrogens with two attached hydrogens (primary N) is 1. The molecule has 2 amide bonds. The summed E-state index contributed by atoms with van der Waals surface area (Å²) in [6.45, 7) is 1.14. The van der Waals surface area contributed by atoms with Gasteiger partial charge >= 0.3 is 6.03 Å². The molecule has 2 aliphatic rings. The Morgan fingerprint density at radius 2 is 2.18 bits per heavy atom. The molecule has 17 heavy (non-hydrogen) atoms. The van der Waals surface area contributed by atoms with E-state index in [2.05, 4.69) is 0 Å². The lowest BCUT2D eigenvalue weighted by atomic mass is 10.2. The standard InChI is InChI=1S/C10H19N3O3S/c1-12-8(2-4-11)6-13(10(12)14)9-3-5-17(15,16)7-9/h8-9H,2-7,11H2,1H3. The molecule has 0 aromatic rings. The molecule has 0 aliphatic carbocycles. The van der Waals surface area contributed by atoms with Crippen molar-refractivity contribution in [1.29, 1.82) is 0 Å². The molecule has 2 unspecified atom stereocenters. The van der Waals surface area contributed by atoms with Crippen molar-refractivity contribution in [2.24, 2.45) is 5.73 Å². The van der Waals surface area contributed by atoms with E-state index in [1.807, 2.05) is 0 Å². The normalized spacial score (nSPS) is 32.5. The Kier molecular flexibility index (Phi) is 3.31. The molecule has 0 aromatic heterocycles. The maximum absolute atomic E-state index is 12.0. The number of sulfone groups is 1. The number of hydrogen-bond acceptors (Lipinski definition) is 4. The summed E-state index contributed by atoms with van der Waals surface area (Å²) < 4.78 is 22.8. The number of hydrogen-bond donors (Lipinski definition) is 1. The van der Waals surface area contributed by atoms with Gasteiger partial charge in [0.25, 0.3) is 0 Å². The summed E-state index contributed by atoms with van der Waals surface area (Å²) in [5.74, 6) is 0.314. The van der Waals surface area contributed by atoms with Crippen LogP contribution in [0.3, 0.4) is 0 Å². The summed E-state index contributed by atoms with van der Waals surface area (Å²) in [7, 11) is -1.18. The maximum atomic E-state index is 12.0. The van der Waals surface area contributed by atoms with Crippen LogP contribution in [0.15, 0.2) is 0 Å². The number of rotatable bonds is 3. The highest BCUT2D eigenvalue weighted by Crippen LogP contribution is 2.25. The van der Waals surface area contributed by atoms with Gasteiger partial charge in [0.2, 0.25) is 0 Å². The van der Waals surface area contributed by atoms with Gasteiger partial charge in [-0.15, -0.1) is 0 Å². The number of amides is 2. The first kappa shape index (κ1) is 12.6. The topological polar surface area (TPSA) is 83.7 Å². The summed E-state index contributed by atoms with van der Waals surface area (Å²) in [6, 6.07) is -0.0842. The monoisotopic (exact) mass is 261 g/mol. The Morgan fingerprint density at radius 1 is 1.47 bits per heavy atom.